The van der Waals surface area contributed by atoms with Crippen LogP contribution in [0.4, 0.5) is 5.13 Å². The number of carbonyl (C=O) groups excluding carboxylic acids is 1. The zero-order valence-corrected chi connectivity index (χ0v) is 18.3. The highest BCUT2D eigenvalue weighted by atomic mass is 32.2. The highest BCUT2D eigenvalue weighted by Gasteiger charge is 2.27. The molecule has 2 heterocycles. The minimum absolute atomic E-state index is 0.0174. The largest absolute Gasteiger partial charge is 0.376 e. The average Bonchev–Trinajstić information content (AvgIpc) is 3.40. The van der Waals surface area contributed by atoms with E-state index in [1.54, 1.807) is 34.9 Å². The molecule has 1 atom stereocenters. The van der Waals surface area contributed by atoms with Gasteiger partial charge in [-0.1, -0.05) is 23.5 Å². The van der Waals surface area contributed by atoms with Gasteiger partial charge in [-0.2, -0.15) is 0 Å². The molecule has 0 radical (unpaired) electrons. The molecule has 1 unspecified atom stereocenters. The smallest absolute Gasteiger partial charge is 0.260 e. The summed E-state index contributed by atoms with van der Waals surface area (Å²) in [7, 11) is 0. The maximum absolute atomic E-state index is 13.5. The van der Waals surface area contributed by atoms with Crippen LogP contribution in [0.25, 0.3) is 10.2 Å². The topological polar surface area (TPSA) is 42.4 Å². The standard InChI is InChI=1S/C21H22N2O2S3/c1-26-16-8-3-6-14(12-16)20(24)23(13-15-7-5-11-25-15)21-22-19-17(27-2)9-4-10-18(19)28-21/h3-4,6,8-10,12,15H,5,7,11,13H2,1-2H3. The number of rotatable bonds is 6. The van der Waals surface area contributed by atoms with Crippen molar-refractivity contribution in [3.05, 3.63) is 48.0 Å². The number of amides is 1. The lowest BCUT2D eigenvalue weighted by Gasteiger charge is -2.23. The van der Waals surface area contributed by atoms with Crippen molar-refractivity contribution in [1.82, 2.24) is 4.98 Å². The molecule has 1 amide bonds. The third kappa shape index (κ3) is 4.08. The van der Waals surface area contributed by atoms with Gasteiger partial charge in [0.2, 0.25) is 0 Å². The molecule has 1 aliphatic heterocycles. The summed E-state index contributed by atoms with van der Waals surface area (Å²) in [5.41, 5.74) is 1.66. The van der Waals surface area contributed by atoms with E-state index >= 15 is 0 Å². The fourth-order valence-electron chi connectivity index (χ4n) is 3.34. The second-order valence-electron chi connectivity index (χ2n) is 6.59. The number of thioether (sulfide) groups is 2. The number of ether oxygens (including phenoxy) is 1. The van der Waals surface area contributed by atoms with Gasteiger partial charge in [0.1, 0.15) is 0 Å². The summed E-state index contributed by atoms with van der Waals surface area (Å²) in [6.07, 6.45) is 6.17. The lowest BCUT2D eigenvalue weighted by Crippen LogP contribution is -2.37. The Balaban J connectivity index is 1.73. The molecular formula is C21H22N2O2S3. The van der Waals surface area contributed by atoms with Crippen LogP contribution in [-0.4, -0.2) is 42.7 Å². The summed E-state index contributed by atoms with van der Waals surface area (Å²) in [4.78, 5) is 22.3. The van der Waals surface area contributed by atoms with Gasteiger partial charge in [0.05, 0.1) is 22.9 Å². The Labute approximate surface area is 177 Å². The number of hydrogen-bond acceptors (Lipinski definition) is 6. The summed E-state index contributed by atoms with van der Waals surface area (Å²) >= 11 is 4.89. The van der Waals surface area contributed by atoms with E-state index in [4.69, 9.17) is 9.72 Å². The molecule has 0 N–H and O–H groups in total. The van der Waals surface area contributed by atoms with Gasteiger partial charge in [-0.05, 0) is 55.7 Å². The predicted octanol–water partition coefficient (Wildman–Crippen LogP) is 5.57. The normalized spacial score (nSPS) is 16.6. The number of aromatic nitrogens is 1. The number of nitrogens with zero attached hydrogens (tertiary/aromatic N) is 2. The molecule has 1 aliphatic rings. The second kappa shape index (κ2) is 8.86. The molecule has 0 saturated carbocycles. The molecule has 0 aliphatic carbocycles. The Bertz CT molecular complexity index is 983. The molecule has 28 heavy (non-hydrogen) atoms. The zero-order chi connectivity index (χ0) is 19.5. The van der Waals surface area contributed by atoms with E-state index in [0.717, 1.165) is 44.6 Å². The van der Waals surface area contributed by atoms with Crippen LogP contribution in [0, 0.1) is 0 Å². The minimum atomic E-state index is -0.0174. The van der Waals surface area contributed by atoms with E-state index in [1.165, 1.54) is 0 Å². The first-order valence-corrected chi connectivity index (χ1v) is 12.5. The Hall–Kier alpha value is -1.54. The van der Waals surface area contributed by atoms with Crippen LogP contribution in [0.15, 0.2) is 52.3 Å². The van der Waals surface area contributed by atoms with Crippen molar-refractivity contribution in [2.24, 2.45) is 0 Å². The first kappa shape index (κ1) is 19.8. The van der Waals surface area contributed by atoms with E-state index < -0.39 is 0 Å². The maximum atomic E-state index is 13.5. The number of carbonyl (C=O) groups is 1. The zero-order valence-electron chi connectivity index (χ0n) is 15.9. The molecule has 3 aromatic rings. The summed E-state index contributed by atoms with van der Waals surface area (Å²) in [5.74, 6) is -0.0174. The van der Waals surface area contributed by atoms with Gasteiger partial charge in [0, 0.05) is 22.0 Å². The quantitative estimate of drug-likeness (QED) is 0.479. The van der Waals surface area contributed by atoms with Crippen molar-refractivity contribution in [2.45, 2.75) is 28.7 Å². The van der Waals surface area contributed by atoms with Gasteiger partial charge >= 0.3 is 0 Å². The number of fused-ring (bicyclic) bond motifs is 1. The van der Waals surface area contributed by atoms with Gasteiger partial charge in [-0.3, -0.25) is 9.69 Å². The molecule has 1 fully saturated rings. The van der Waals surface area contributed by atoms with Crippen molar-refractivity contribution in [1.29, 1.82) is 0 Å². The summed E-state index contributed by atoms with van der Waals surface area (Å²) in [6.45, 7) is 1.31. The van der Waals surface area contributed by atoms with E-state index in [1.807, 2.05) is 41.5 Å². The third-order valence-corrected chi connectivity index (χ3v) is 7.33. The van der Waals surface area contributed by atoms with Gasteiger partial charge in [-0.15, -0.1) is 23.5 Å². The molecule has 0 bridgehead atoms. The van der Waals surface area contributed by atoms with Crippen LogP contribution in [-0.2, 0) is 4.74 Å². The Morgan fingerprint density at radius 2 is 2.11 bits per heavy atom. The molecule has 2 aromatic carbocycles. The number of para-hydroxylation sites is 1. The third-order valence-electron chi connectivity index (χ3n) is 4.79. The Morgan fingerprint density at radius 3 is 2.86 bits per heavy atom. The van der Waals surface area contributed by atoms with Gasteiger partial charge in [0.15, 0.2) is 5.13 Å². The summed E-state index contributed by atoms with van der Waals surface area (Å²) in [6, 6.07) is 14.0. The lowest BCUT2D eigenvalue weighted by molar-refractivity contribution is 0.0917. The molecule has 0 spiro atoms. The fraction of sp³-hybridized carbons (Fsp3) is 0.333. The van der Waals surface area contributed by atoms with Crippen LogP contribution < -0.4 is 4.90 Å². The van der Waals surface area contributed by atoms with Crippen molar-refractivity contribution in [2.75, 3.05) is 30.6 Å². The number of hydrogen-bond donors (Lipinski definition) is 0. The first-order chi connectivity index (χ1) is 13.7. The highest BCUT2D eigenvalue weighted by Crippen LogP contribution is 2.35. The number of anilines is 1. The van der Waals surface area contributed by atoms with E-state index in [9.17, 15) is 4.79 Å². The molecule has 4 nitrogen and oxygen atoms in total. The Morgan fingerprint density at radius 1 is 1.25 bits per heavy atom. The first-order valence-electron chi connectivity index (χ1n) is 9.20. The van der Waals surface area contributed by atoms with Crippen LogP contribution in [0.5, 0.6) is 0 Å². The van der Waals surface area contributed by atoms with Crippen molar-refractivity contribution < 1.29 is 9.53 Å². The molecule has 7 heteroatoms. The minimum Gasteiger partial charge on any atom is -0.376 e. The average molecular weight is 431 g/mol. The molecular weight excluding hydrogens is 408 g/mol. The molecule has 1 aromatic heterocycles. The van der Waals surface area contributed by atoms with Crippen LogP contribution in [0.2, 0.25) is 0 Å². The Kier molecular flexibility index (Phi) is 6.25. The maximum Gasteiger partial charge on any atom is 0.260 e. The lowest BCUT2D eigenvalue weighted by atomic mass is 10.2. The fourth-order valence-corrected chi connectivity index (χ4v) is 5.43. The highest BCUT2D eigenvalue weighted by molar-refractivity contribution is 7.99. The van der Waals surface area contributed by atoms with Crippen molar-refractivity contribution >= 4 is 56.1 Å². The second-order valence-corrected chi connectivity index (χ2v) is 9.32. The predicted molar refractivity (Wildman–Crippen MR) is 120 cm³/mol. The number of thiazole rings is 1. The summed E-state index contributed by atoms with van der Waals surface area (Å²) < 4.78 is 6.93. The van der Waals surface area contributed by atoms with E-state index in [0.29, 0.717) is 12.1 Å². The van der Waals surface area contributed by atoms with Crippen LogP contribution in [0.3, 0.4) is 0 Å². The monoisotopic (exact) mass is 430 g/mol. The van der Waals surface area contributed by atoms with Crippen molar-refractivity contribution in [3.8, 4) is 0 Å². The van der Waals surface area contributed by atoms with Crippen LogP contribution in [0.1, 0.15) is 23.2 Å². The number of benzene rings is 2. The van der Waals surface area contributed by atoms with E-state index in [-0.39, 0.29) is 12.0 Å². The van der Waals surface area contributed by atoms with Crippen molar-refractivity contribution in [3.63, 3.8) is 0 Å². The molecule has 1 saturated heterocycles. The SMILES string of the molecule is CSc1cccc(C(=O)N(CC2CCCO2)c2nc3c(SC)cccc3s2)c1. The van der Waals surface area contributed by atoms with Gasteiger partial charge in [0.25, 0.3) is 5.91 Å². The van der Waals surface area contributed by atoms with E-state index in [2.05, 4.69) is 18.4 Å². The molecule has 146 valence electrons. The van der Waals surface area contributed by atoms with Gasteiger partial charge in [-0.25, -0.2) is 4.98 Å². The van der Waals surface area contributed by atoms with Crippen LogP contribution >= 0.6 is 34.9 Å². The summed E-state index contributed by atoms with van der Waals surface area (Å²) in [5, 5.41) is 0.742. The van der Waals surface area contributed by atoms with Gasteiger partial charge < -0.3 is 4.74 Å². The molecule has 4 rings (SSSR count).